The summed E-state index contributed by atoms with van der Waals surface area (Å²) in [5.74, 6) is 0.772. The Hall–Kier alpha value is -3.23. The molecule has 0 amide bonds. The molecule has 8 heteroatoms. The number of likely N-dealkylation sites (tertiary alicyclic amines) is 1. The first-order valence-corrected chi connectivity index (χ1v) is 13.6. The molecule has 2 aromatic heterocycles. The number of anilines is 2. The molecule has 3 aromatic rings. The number of fused-ring (bicyclic) bond motifs is 2. The number of benzene rings is 1. The topological polar surface area (TPSA) is 99.6 Å². The van der Waals surface area contributed by atoms with Crippen LogP contribution in [0.25, 0.3) is 10.8 Å². The second-order valence-corrected chi connectivity index (χ2v) is 10.1. The maximum atomic E-state index is 11.9. The number of piperidine rings is 1. The minimum Gasteiger partial charge on any atom is -0.480 e. The van der Waals surface area contributed by atoms with Gasteiger partial charge in [-0.15, -0.1) is 0 Å². The summed E-state index contributed by atoms with van der Waals surface area (Å²) in [6.45, 7) is 4.43. The highest BCUT2D eigenvalue weighted by Gasteiger charge is 2.23. The number of pyridine rings is 2. The number of ether oxygens (including phenoxy) is 1. The number of carboxylic acids is 1. The maximum Gasteiger partial charge on any atom is 0.326 e. The summed E-state index contributed by atoms with van der Waals surface area (Å²) in [5.41, 5.74) is 2.49. The zero-order valence-electron chi connectivity index (χ0n) is 21.4. The number of hydrogen-bond acceptors (Lipinski definition) is 7. The summed E-state index contributed by atoms with van der Waals surface area (Å²) in [6, 6.07) is 13.4. The van der Waals surface area contributed by atoms with E-state index in [-0.39, 0.29) is 6.10 Å². The Morgan fingerprint density at radius 1 is 1.22 bits per heavy atom. The van der Waals surface area contributed by atoms with Gasteiger partial charge in [0.25, 0.3) is 0 Å². The molecule has 1 aromatic carbocycles. The highest BCUT2D eigenvalue weighted by Crippen LogP contribution is 2.23. The van der Waals surface area contributed by atoms with Crippen LogP contribution in [0.2, 0.25) is 0 Å². The van der Waals surface area contributed by atoms with Crippen LogP contribution in [-0.4, -0.2) is 70.9 Å². The largest absolute Gasteiger partial charge is 0.480 e. The molecule has 2 atom stereocenters. The van der Waals surface area contributed by atoms with Crippen LogP contribution >= 0.6 is 0 Å². The fraction of sp³-hybridized carbons (Fsp3) is 0.483. The minimum absolute atomic E-state index is 0.143. The van der Waals surface area contributed by atoms with Crippen LogP contribution in [0.1, 0.15) is 43.4 Å². The smallest absolute Gasteiger partial charge is 0.326 e. The van der Waals surface area contributed by atoms with Gasteiger partial charge in [-0.2, -0.15) is 0 Å². The zero-order chi connectivity index (χ0) is 25.5. The third-order valence-electron chi connectivity index (χ3n) is 7.36. The number of hydrogen-bond donors (Lipinski definition) is 3. The molecule has 1 saturated heterocycles. The Balaban J connectivity index is 1.06. The average Bonchev–Trinajstić information content (AvgIpc) is 2.93. The van der Waals surface area contributed by atoms with E-state index in [4.69, 9.17) is 9.72 Å². The number of rotatable bonds is 11. The Morgan fingerprint density at radius 3 is 3.05 bits per heavy atom. The molecule has 1 fully saturated rings. The van der Waals surface area contributed by atoms with Gasteiger partial charge in [0.1, 0.15) is 17.7 Å². The summed E-state index contributed by atoms with van der Waals surface area (Å²) >= 11 is 0. The van der Waals surface area contributed by atoms with Crippen molar-refractivity contribution in [2.45, 2.75) is 57.1 Å². The molecule has 5 rings (SSSR count). The van der Waals surface area contributed by atoms with E-state index in [1.165, 1.54) is 12.0 Å². The molecular formula is C29H37N5O3. The zero-order valence-corrected chi connectivity index (χ0v) is 21.4. The van der Waals surface area contributed by atoms with Crippen molar-refractivity contribution in [2.75, 3.05) is 43.4 Å². The Labute approximate surface area is 218 Å². The normalized spacial score (nSPS) is 18.6. The van der Waals surface area contributed by atoms with Crippen molar-refractivity contribution in [3.05, 3.63) is 59.9 Å². The molecule has 0 spiro atoms. The highest BCUT2D eigenvalue weighted by atomic mass is 16.5. The molecule has 37 heavy (non-hydrogen) atoms. The summed E-state index contributed by atoms with van der Waals surface area (Å²) < 4.78 is 6.16. The number of nitrogens with one attached hydrogen (secondary N) is 2. The predicted octanol–water partition coefficient (Wildman–Crippen LogP) is 4.36. The van der Waals surface area contributed by atoms with Crippen LogP contribution in [0.3, 0.4) is 0 Å². The fourth-order valence-corrected chi connectivity index (χ4v) is 5.35. The summed E-state index contributed by atoms with van der Waals surface area (Å²) in [5, 5.41) is 18.3. The van der Waals surface area contributed by atoms with Crippen molar-refractivity contribution in [3.8, 4) is 0 Å². The Morgan fingerprint density at radius 2 is 2.14 bits per heavy atom. The molecule has 0 unspecified atom stereocenters. The third-order valence-corrected chi connectivity index (χ3v) is 7.36. The molecule has 0 saturated carbocycles. The molecule has 0 bridgehead atoms. The first-order valence-electron chi connectivity index (χ1n) is 13.6. The average molecular weight is 504 g/mol. The Bertz CT molecular complexity index is 1200. The number of aliphatic carboxylic acids is 1. The number of carboxylic acid groups (broad SMARTS) is 1. The lowest BCUT2D eigenvalue weighted by Gasteiger charge is -2.32. The highest BCUT2D eigenvalue weighted by molar-refractivity contribution is 5.93. The van der Waals surface area contributed by atoms with Crippen LogP contribution in [0.5, 0.6) is 0 Å². The van der Waals surface area contributed by atoms with Crippen molar-refractivity contribution in [2.24, 2.45) is 0 Å². The fourth-order valence-electron chi connectivity index (χ4n) is 5.35. The second kappa shape index (κ2) is 12.3. The molecule has 0 aliphatic carbocycles. The lowest BCUT2D eigenvalue weighted by Crippen LogP contribution is -2.41. The van der Waals surface area contributed by atoms with Crippen molar-refractivity contribution in [3.63, 3.8) is 0 Å². The molecule has 4 heterocycles. The molecule has 3 N–H and O–H groups in total. The maximum absolute atomic E-state index is 11.9. The van der Waals surface area contributed by atoms with Gasteiger partial charge < -0.3 is 25.4 Å². The standard InChI is InChI=1S/C29H37N5O3/c35-29(36)26(33-28-25-10-2-1-6-21(25)13-16-31-28)14-19-37-24-9-5-18-34(20-24)17-4-8-23-12-11-22-7-3-15-30-27(22)32-23/h1-2,6,10-13,16,24,26H,3-5,7-9,14-15,17-20H2,(H,30,32)(H,31,33)(H,35,36)/t24-,26-/m1/s1. The number of aromatic nitrogens is 2. The van der Waals surface area contributed by atoms with E-state index < -0.39 is 12.0 Å². The number of carbonyl (C=O) groups is 1. The predicted molar refractivity (Wildman–Crippen MR) is 146 cm³/mol. The molecule has 2 aliphatic rings. The molecule has 196 valence electrons. The van der Waals surface area contributed by atoms with Crippen LogP contribution in [0, 0.1) is 0 Å². The SMILES string of the molecule is O=C(O)[C@@H](CCO[C@@H]1CCCN(CCCc2ccc3c(n2)NCCC3)C1)Nc1nccc2ccccc12. The first kappa shape index (κ1) is 25.4. The van der Waals surface area contributed by atoms with E-state index in [2.05, 4.69) is 32.7 Å². The first-order chi connectivity index (χ1) is 18.2. The van der Waals surface area contributed by atoms with Crippen molar-refractivity contribution in [1.29, 1.82) is 0 Å². The summed E-state index contributed by atoms with van der Waals surface area (Å²) in [7, 11) is 0. The van der Waals surface area contributed by atoms with Gasteiger partial charge in [0.15, 0.2) is 0 Å². The summed E-state index contributed by atoms with van der Waals surface area (Å²) in [4.78, 5) is 23.6. The van der Waals surface area contributed by atoms with Gasteiger partial charge in [-0.25, -0.2) is 14.8 Å². The van der Waals surface area contributed by atoms with Gasteiger partial charge in [-0.3, -0.25) is 0 Å². The van der Waals surface area contributed by atoms with Crippen LogP contribution < -0.4 is 10.6 Å². The van der Waals surface area contributed by atoms with Crippen LogP contribution in [-0.2, 0) is 22.4 Å². The van der Waals surface area contributed by atoms with E-state index in [1.807, 2.05) is 30.3 Å². The minimum atomic E-state index is -0.894. The van der Waals surface area contributed by atoms with Gasteiger partial charge in [-0.05, 0) is 74.7 Å². The number of nitrogens with zero attached hydrogens (tertiary/aromatic N) is 3. The Kier molecular flexibility index (Phi) is 8.48. The lowest BCUT2D eigenvalue weighted by atomic mass is 10.1. The van der Waals surface area contributed by atoms with E-state index >= 15 is 0 Å². The molecule has 8 nitrogen and oxygen atoms in total. The van der Waals surface area contributed by atoms with E-state index in [0.29, 0.717) is 18.8 Å². The second-order valence-electron chi connectivity index (χ2n) is 10.1. The molecule has 2 aliphatic heterocycles. The quantitative estimate of drug-likeness (QED) is 0.355. The monoisotopic (exact) mass is 503 g/mol. The van der Waals surface area contributed by atoms with Gasteiger partial charge in [0.05, 0.1) is 6.10 Å². The van der Waals surface area contributed by atoms with Gasteiger partial charge >= 0.3 is 5.97 Å². The van der Waals surface area contributed by atoms with Crippen molar-refractivity contribution in [1.82, 2.24) is 14.9 Å². The summed E-state index contributed by atoms with van der Waals surface area (Å²) in [6.07, 6.45) is 8.70. The van der Waals surface area contributed by atoms with Gasteiger partial charge in [-0.1, -0.05) is 30.3 Å². The molecule has 0 radical (unpaired) electrons. The third kappa shape index (κ3) is 6.76. The van der Waals surface area contributed by atoms with E-state index in [0.717, 1.165) is 80.6 Å². The van der Waals surface area contributed by atoms with Crippen molar-refractivity contribution >= 4 is 28.4 Å². The van der Waals surface area contributed by atoms with Gasteiger partial charge in [0, 0.05) is 43.4 Å². The van der Waals surface area contributed by atoms with E-state index in [9.17, 15) is 9.90 Å². The van der Waals surface area contributed by atoms with E-state index in [1.54, 1.807) is 6.20 Å². The van der Waals surface area contributed by atoms with Crippen LogP contribution in [0.4, 0.5) is 11.6 Å². The van der Waals surface area contributed by atoms with Crippen molar-refractivity contribution < 1.29 is 14.6 Å². The van der Waals surface area contributed by atoms with Gasteiger partial charge in [0.2, 0.25) is 0 Å². The van der Waals surface area contributed by atoms with Crippen LogP contribution in [0.15, 0.2) is 48.7 Å². The molecular weight excluding hydrogens is 466 g/mol. The number of aryl methyl sites for hydroxylation is 2. The lowest BCUT2D eigenvalue weighted by molar-refractivity contribution is -0.138.